The molecular weight excluding hydrogens is 438 g/mol. The van der Waals surface area contributed by atoms with Gasteiger partial charge in [-0.1, -0.05) is 0 Å². The van der Waals surface area contributed by atoms with E-state index >= 15 is 0 Å². The number of nitrogens with zero attached hydrogens (tertiary/aromatic N) is 6. The van der Waals surface area contributed by atoms with Crippen LogP contribution in [0.2, 0.25) is 0 Å². The van der Waals surface area contributed by atoms with Gasteiger partial charge in [0.2, 0.25) is 5.91 Å². The van der Waals surface area contributed by atoms with Crippen LogP contribution in [0.3, 0.4) is 0 Å². The SMILES string of the molecule is CC(=O)N1C[C@H](c2nc(Nc3cncc(N4CCCCC4)c3)cc(-c3cccnc3)n2)CC[C@@H]1C. The molecule has 1 N–H and O–H groups in total. The number of likely N-dealkylation sites (tertiary alicyclic amines) is 1. The minimum Gasteiger partial charge on any atom is -0.370 e. The van der Waals surface area contributed by atoms with Crippen LogP contribution in [-0.2, 0) is 4.79 Å². The number of nitrogens with one attached hydrogen (secondary N) is 1. The van der Waals surface area contributed by atoms with Crippen molar-refractivity contribution in [2.75, 3.05) is 29.9 Å². The van der Waals surface area contributed by atoms with E-state index in [1.54, 1.807) is 13.1 Å². The number of carbonyl (C=O) groups excluding carboxylic acids is 1. The van der Waals surface area contributed by atoms with Gasteiger partial charge in [-0.05, 0) is 57.2 Å². The Kier molecular flexibility index (Phi) is 6.88. The van der Waals surface area contributed by atoms with E-state index in [0.29, 0.717) is 6.54 Å². The second-order valence-corrected chi connectivity index (χ2v) is 9.64. The van der Waals surface area contributed by atoms with Crippen molar-refractivity contribution in [1.82, 2.24) is 24.8 Å². The molecule has 8 nitrogen and oxygen atoms in total. The Hall–Kier alpha value is -3.55. The quantitative estimate of drug-likeness (QED) is 0.573. The first-order valence-corrected chi connectivity index (χ1v) is 12.6. The number of anilines is 3. The van der Waals surface area contributed by atoms with Crippen molar-refractivity contribution in [3.8, 4) is 11.3 Å². The Morgan fingerprint density at radius 2 is 1.89 bits per heavy atom. The third kappa shape index (κ3) is 5.42. The molecule has 2 fully saturated rings. The van der Waals surface area contributed by atoms with E-state index < -0.39 is 0 Å². The van der Waals surface area contributed by atoms with Crippen LogP contribution in [0.15, 0.2) is 49.1 Å². The summed E-state index contributed by atoms with van der Waals surface area (Å²) >= 11 is 0. The Morgan fingerprint density at radius 3 is 2.66 bits per heavy atom. The van der Waals surface area contributed by atoms with Crippen LogP contribution in [-0.4, -0.2) is 56.4 Å². The fourth-order valence-electron chi connectivity index (χ4n) is 5.10. The van der Waals surface area contributed by atoms with Crippen molar-refractivity contribution in [2.45, 2.75) is 57.9 Å². The van der Waals surface area contributed by atoms with Gasteiger partial charge < -0.3 is 15.1 Å². The smallest absolute Gasteiger partial charge is 0.219 e. The number of amides is 1. The Bertz CT molecular complexity index is 1160. The fourth-order valence-corrected chi connectivity index (χ4v) is 5.10. The molecule has 2 saturated heterocycles. The van der Waals surface area contributed by atoms with Crippen LogP contribution >= 0.6 is 0 Å². The zero-order valence-corrected chi connectivity index (χ0v) is 20.5. The summed E-state index contributed by atoms with van der Waals surface area (Å²) in [5.41, 5.74) is 3.79. The number of piperidine rings is 2. The van der Waals surface area contributed by atoms with E-state index in [-0.39, 0.29) is 17.9 Å². The minimum atomic E-state index is 0.0880. The van der Waals surface area contributed by atoms with E-state index in [0.717, 1.165) is 60.2 Å². The van der Waals surface area contributed by atoms with E-state index in [9.17, 15) is 4.79 Å². The predicted octanol–water partition coefficient (Wildman–Crippen LogP) is 4.78. The number of hydrogen-bond donors (Lipinski definition) is 1. The first kappa shape index (κ1) is 23.2. The molecule has 2 aliphatic rings. The summed E-state index contributed by atoms with van der Waals surface area (Å²) in [6, 6.07) is 8.26. The molecule has 5 heterocycles. The zero-order chi connectivity index (χ0) is 24.2. The van der Waals surface area contributed by atoms with Crippen LogP contribution < -0.4 is 10.2 Å². The van der Waals surface area contributed by atoms with Crippen LogP contribution in [0.1, 0.15) is 57.7 Å². The molecule has 2 atom stereocenters. The second kappa shape index (κ2) is 10.4. The average Bonchev–Trinajstić information content (AvgIpc) is 2.90. The predicted molar refractivity (Wildman–Crippen MR) is 138 cm³/mol. The van der Waals surface area contributed by atoms with Crippen LogP contribution in [0, 0.1) is 0 Å². The molecule has 0 radical (unpaired) electrons. The van der Waals surface area contributed by atoms with Crippen molar-refractivity contribution < 1.29 is 4.79 Å². The summed E-state index contributed by atoms with van der Waals surface area (Å²) in [5, 5.41) is 3.47. The van der Waals surface area contributed by atoms with E-state index in [2.05, 4.69) is 33.2 Å². The lowest BCUT2D eigenvalue weighted by Gasteiger charge is -2.37. The number of rotatable bonds is 5. The maximum Gasteiger partial charge on any atom is 0.219 e. The molecular formula is C27H33N7O. The third-order valence-electron chi connectivity index (χ3n) is 7.07. The highest BCUT2D eigenvalue weighted by Crippen LogP contribution is 2.31. The van der Waals surface area contributed by atoms with Gasteiger partial charge in [0.25, 0.3) is 0 Å². The maximum atomic E-state index is 12.2. The van der Waals surface area contributed by atoms with Gasteiger partial charge in [-0.2, -0.15) is 0 Å². The van der Waals surface area contributed by atoms with E-state index in [1.807, 2.05) is 41.7 Å². The van der Waals surface area contributed by atoms with Gasteiger partial charge in [0.15, 0.2) is 0 Å². The molecule has 0 bridgehead atoms. The molecule has 8 heteroatoms. The van der Waals surface area contributed by atoms with E-state index in [4.69, 9.17) is 9.97 Å². The van der Waals surface area contributed by atoms with Crippen molar-refractivity contribution in [3.63, 3.8) is 0 Å². The largest absolute Gasteiger partial charge is 0.370 e. The van der Waals surface area contributed by atoms with Gasteiger partial charge in [-0.3, -0.25) is 14.8 Å². The zero-order valence-electron chi connectivity index (χ0n) is 20.5. The van der Waals surface area contributed by atoms with Crippen molar-refractivity contribution in [2.24, 2.45) is 0 Å². The molecule has 0 aliphatic carbocycles. The molecule has 3 aromatic heterocycles. The number of aromatic nitrogens is 4. The lowest BCUT2D eigenvalue weighted by Crippen LogP contribution is -2.44. The highest BCUT2D eigenvalue weighted by atomic mass is 16.2. The van der Waals surface area contributed by atoms with Crippen LogP contribution in [0.4, 0.5) is 17.2 Å². The summed E-state index contributed by atoms with van der Waals surface area (Å²) in [6.45, 7) is 6.53. The summed E-state index contributed by atoms with van der Waals surface area (Å²) < 4.78 is 0. The van der Waals surface area contributed by atoms with Gasteiger partial charge in [-0.25, -0.2) is 9.97 Å². The topological polar surface area (TPSA) is 87.1 Å². The fraction of sp³-hybridized carbons (Fsp3) is 0.444. The molecule has 1 amide bonds. The summed E-state index contributed by atoms with van der Waals surface area (Å²) in [7, 11) is 0. The lowest BCUT2D eigenvalue weighted by atomic mass is 9.92. The highest BCUT2D eigenvalue weighted by Gasteiger charge is 2.30. The molecule has 0 unspecified atom stereocenters. The second-order valence-electron chi connectivity index (χ2n) is 9.64. The van der Waals surface area contributed by atoms with Gasteiger partial charge >= 0.3 is 0 Å². The molecule has 0 saturated carbocycles. The minimum absolute atomic E-state index is 0.0880. The monoisotopic (exact) mass is 471 g/mol. The molecule has 182 valence electrons. The molecule has 2 aliphatic heterocycles. The molecule has 0 aromatic carbocycles. The van der Waals surface area contributed by atoms with Crippen molar-refractivity contribution in [3.05, 3.63) is 54.9 Å². The van der Waals surface area contributed by atoms with Crippen molar-refractivity contribution in [1.29, 1.82) is 0 Å². The lowest BCUT2D eigenvalue weighted by molar-refractivity contribution is -0.132. The standard InChI is InChI=1S/C27H33N7O/c1-19-8-9-22(18-34(19)20(2)35)27-31-25(21-7-6-10-28-15-21)14-26(32-27)30-23-13-24(17-29-16-23)33-11-4-3-5-12-33/h6-7,10,13-17,19,22H,3-5,8-9,11-12,18H2,1-2H3,(H,30,31,32)/t19-,22+/m0/s1. The first-order chi connectivity index (χ1) is 17.1. The Labute approximate surface area is 206 Å². The Morgan fingerprint density at radius 1 is 1.03 bits per heavy atom. The summed E-state index contributed by atoms with van der Waals surface area (Å²) in [4.78, 5) is 35.1. The average molecular weight is 472 g/mol. The number of hydrogen-bond acceptors (Lipinski definition) is 7. The first-order valence-electron chi connectivity index (χ1n) is 12.6. The highest BCUT2D eigenvalue weighted by molar-refractivity contribution is 5.74. The van der Waals surface area contributed by atoms with Gasteiger partial charge in [0.05, 0.1) is 29.5 Å². The molecule has 5 rings (SSSR count). The summed E-state index contributed by atoms with van der Waals surface area (Å²) in [6.07, 6.45) is 13.0. The van der Waals surface area contributed by atoms with Crippen LogP contribution in [0.25, 0.3) is 11.3 Å². The molecule has 0 spiro atoms. The Balaban J connectivity index is 1.46. The van der Waals surface area contributed by atoms with Crippen molar-refractivity contribution >= 4 is 23.1 Å². The summed E-state index contributed by atoms with van der Waals surface area (Å²) in [5.74, 6) is 1.67. The van der Waals surface area contributed by atoms with E-state index in [1.165, 1.54) is 19.3 Å². The normalized spacial score (nSPS) is 20.5. The molecule has 35 heavy (non-hydrogen) atoms. The molecule has 3 aromatic rings. The van der Waals surface area contributed by atoms with Crippen LogP contribution in [0.5, 0.6) is 0 Å². The van der Waals surface area contributed by atoms with Gasteiger partial charge in [0.1, 0.15) is 11.6 Å². The van der Waals surface area contributed by atoms with Gasteiger partial charge in [-0.15, -0.1) is 0 Å². The number of pyridine rings is 2. The number of carbonyl (C=O) groups is 1. The van der Waals surface area contributed by atoms with Gasteiger partial charge in [0, 0.05) is 62.5 Å². The third-order valence-corrected chi connectivity index (χ3v) is 7.07. The maximum absolute atomic E-state index is 12.2.